The van der Waals surface area contributed by atoms with Crippen LogP contribution in [0.15, 0.2) is 36.5 Å². The number of aryl methyl sites for hydroxylation is 1. The summed E-state index contributed by atoms with van der Waals surface area (Å²) < 4.78 is 0. The molecule has 0 fully saturated rings. The number of nitrogens with one attached hydrogen (secondary N) is 2. The van der Waals surface area contributed by atoms with Gasteiger partial charge in [-0.15, -0.1) is 0 Å². The van der Waals surface area contributed by atoms with E-state index in [1.165, 1.54) is 18.1 Å². The topological polar surface area (TPSA) is 54.0 Å². The largest absolute Gasteiger partial charge is 0.340 e. The summed E-state index contributed by atoms with van der Waals surface area (Å²) in [5, 5.41) is 6.09. The Kier molecular flexibility index (Phi) is 4.58. The molecule has 1 heterocycles. The van der Waals surface area contributed by atoms with Gasteiger partial charge in [-0.2, -0.15) is 0 Å². The molecule has 1 amide bonds. The van der Waals surface area contributed by atoms with Crippen LogP contribution in [0.3, 0.4) is 0 Å². The van der Waals surface area contributed by atoms with Crippen molar-refractivity contribution in [2.45, 2.75) is 33.6 Å². The molecule has 0 saturated carbocycles. The van der Waals surface area contributed by atoms with Crippen LogP contribution in [0.4, 0.5) is 17.2 Å². The molecule has 0 bridgehead atoms. The van der Waals surface area contributed by atoms with Crippen LogP contribution >= 0.6 is 0 Å². The van der Waals surface area contributed by atoms with Gasteiger partial charge in [0.15, 0.2) is 0 Å². The van der Waals surface area contributed by atoms with Gasteiger partial charge in [0.05, 0.1) is 11.9 Å². The van der Waals surface area contributed by atoms with Crippen molar-refractivity contribution in [3.05, 3.63) is 47.7 Å². The lowest BCUT2D eigenvalue weighted by molar-refractivity contribution is -0.114. The van der Waals surface area contributed by atoms with Crippen LogP contribution in [0.1, 0.15) is 37.8 Å². The molecule has 0 spiro atoms. The molecule has 0 radical (unpaired) electrons. The molecule has 0 atom stereocenters. The highest BCUT2D eigenvalue weighted by atomic mass is 16.1. The first-order valence-corrected chi connectivity index (χ1v) is 7.07. The number of hydrogen-bond acceptors (Lipinski definition) is 3. The molecule has 4 nitrogen and oxygen atoms in total. The molecule has 110 valence electrons. The molecule has 0 saturated heterocycles. The van der Waals surface area contributed by atoms with E-state index in [0.29, 0.717) is 11.6 Å². The molecule has 1 aromatic heterocycles. The number of carbonyl (C=O) groups excluding carboxylic acids is 1. The van der Waals surface area contributed by atoms with Gasteiger partial charge in [-0.3, -0.25) is 4.79 Å². The molecular weight excluding hydrogens is 262 g/mol. The van der Waals surface area contributed by atoms with Crippen molar-refractivity contribution in [1.29, 1.82) is 0 Å². The van der Waals surface area contributed by atoms with Gasteiger partial charge >= 0.3 is 0 Å². The molecule has 0 aliphatic rings. The Balaban J connectivity index is 2.24. The number of benzene rings is 1. The minimum Gasteiger partial charge on any atom is -0.340 e. The Morgan fingerprint density at radius 1 is 1.19 bits per heavy atom. The van der Waals surface area contributed by atoms with E-state index in [4.69, 9.17) is 0 Å². The highest BCUT2D eigenvalue weighted by molar-refractivity contribution is 5.88. The molecule has 0 aliphatic heterocycles. The lowest BCUT2D eigenvalue weighted by atomic mass is 9.98. The lowest BCUT2D eigenvalue weighted by Crippen LogP contribution is -2.06. The minimum absolute atomic E-state index is 0.0986. The third kappa shape index (κ3) is 3.81. The Labute approximate surface area is 125 Å². The van der Waals surface area contributed by atoms with E-state index >= 15 is 0 Å². The summed E-state index contributed by atoms with van der Waals surface area (Å²) >= 11 is 0. The molecule has 0 aliphatic carbocycles. The summed E-state index contributed by atoms with van der Waals surface area (Å²) in [7, 11) is 0. The molecule has 2 aromatic rings. The average molecular weight is 283 g/mol. The van der Waals surface area contributed by atoms with Gasteiger partial charge < -0.3 is 10.6 Å². The van der Waals surface area contributed by atoms with E-state index in [0.717, 1.165) is 11.5 Å². The predicted molar refractivity (Wildman–Crippen MR) is 87.1 cm³/mol. The van der Waals surface area contributed by atoms with Crippen LogP contribution in [-0.4, -0.2) is 10.9 Å². The monoisotopic (exact) mass is 283 g/mol. The Morgan fingerprint density at radius 2 is 1.95 bits per heavy atom. The second kappa shape index (κ2) is 6.39. The van der Waals surface area contributed by atoms with Crippen molar-refractivity contribution in [3.63, 3.8) is 0 Å². The van der Waals surface area contributed by atoms with Crippen molar-refractivity contribution in [2.24, 2.45) is 0 Å². The van der Waals surface area contributed by atoms with Crippen LogP contribution < -0.4 is 10.6 Å². The zero-order chi connectivity index (χ0) is 15.4. The number of pyridine rings is 1. The van der Waals surface area contributed by atoms with E-state index < -0.39 is 0 Å². The van der Waals surface area contributed by atoms with Crippen molar-refractivity contribution >= 4 is 23.1 Å². The molecule has 0 unspecified atom stereocenters. The summed E-state index contributed by atoms with van der Waals surface area (Å²) in [6, 6.07) is 9.99. The van der Waals surface area contributed by atoms with Crippen LogP contribution in [0.5, 0.6) is 0 Å². The number of anilines is 3. The van der Waals surface area contributed by atoms with E-state index in [2.05, 4.69) is 54.6 Å². The SMILES string of the molecule is CC(=O)Nc1ccc(Nc2c(C)cccc2C(C)C)nc1. The summed E-state index contributed by atoms with van der Waals surface area (Å²) in [4.78, 5) is 15.3. The van der Waals surface area contributed by atoms with Gasteiger partial charge in [0.25, 0.3) is 0 Å². The van der Waals surface area contributed by atoms with Crippen LogP contribution in [-0.2, 0) is 4.79 Å². The van der Waals surface area contributed by atoms with Gasteiger partial charge in [-0.25, -0.2) is 4.98 Å². The normalized spacial score (nSPS) is 10.5. The molecule has 1 aromatic carbocycles. The average Bonchev–Trinajstić information content (AvgIpc) is 2.42. The third-order valence-electron chi connectivity index (χ3n) is 3.26. The number of hydrogen-bond donors (Lipinski definition) is 2. The van der Waals surface area contributed by atoms with E-state index in [-0.39, 0.29) is 5.91 Å². The van der Waals surface area contributed by atoms with Crippen LogP contribution in [0, 0.1) is 6.92 Å². The quantitative estimate of drug-likeness (QED) is 0.883. The molecule has 2 rings (SSSR count). The van der Waals surface area contributed by atoms with E-state index in [9.17, 15) is 4.79 Å². The Bertz CT molecular complexity index is 633. The van der Waals surface area contributed by atoms with Crippen LogP contribution in [0.25, 0.3) is 0 Å². The highest BCUT2D eigenvalue weighted by Crippen LogP contribution is 2.29. The first-order valence-electron chi connectivity index (χ1n) is 7.07. The summed E-state index contributed by atoms with van der Waals surface area (Å²) in [5.74, 6) is 1.10. The highest BCUT2D eigenvalue weighted by Gasteiger charge is 2.09. The molecular formula is C17H21N3O. The summed E-state index contributed by atoms with van der Waals surface area (Å²) in [6.07, 6.45) is 1.65. The lowest BCUT2D eigenvalue weighted by Gasteiger charge is -2.17. The first-order chi connectivity index (χ1) is 9.97. The van der Waals surface area contributed by atoms with Gasteiger partial charge in [-0.1, -0.05) is 32.0 Å². The van der Waals surface area contributed by atoms with Crippen molar-refractivity contribution in [3.8, 4) is 0 Å². The predicted octanol–water partition coefficient (Wildman–Crippen LogP) is 4.22. The fourth-order valence-corrected chi connectivity index (χ4v) is 2.22. The Hall–Kier alpha value is -2.36. The van der Waals surface area contributed by atoms with Crippen molar-refractivity contribution < 1.29 is 4.79 Å². The number of carbonyl (C=O) groups is 1. The van der Waals surface area contributed by atoms with E-state index in [1.54, 1.807) is 6.20 Å². The molecule has 2 N–H and O–H groups in total. The van der Waals surface area contributed by atoms with Crippen molar-refractivity contribution in [1.82, 2.24) is 4.98 Å². The standard InChI is InChI=1S/C17H21N3O/c1-11(2)15-7-5-6-12(3)17(15)20-16-9-8-14(10-18-16)19-13(4)21/h5-11H,1-4H3,(H,18,20)(H,19,21). The van der Waals surface area contributed by atoms with Gasteiger partial charge in [0.2, 0.25) is 5.91 Å². The fraction of sp³-hybridized carbons (Fsp3) is 0.294. The maximum Gasteiger partial charge on any atom is 0.221 e. The number of nitrogens with zero attached hydrogens (tertiary/aromatic N) is 1. The fourth-order valence-electron chi connectivity index (χ4n) is 2.22. The molecule has 21 heavy (non-hydrogen) atoms. The second-order valence-electron chi connectivity index (χ2n) is 5.43. The smallest absolute Gasteiger partial charge is 0.221 e. The third-order valence-corrected chi connectivity index (χ3v) is 3.26. The first kappa shape index (κ1) is 15.0. The molecule has 4 heteroatoms. The van der Waals surface area contributed by atoms with Crippen LogP contribution in [0.2, 0.25) is 0 Å². The van der Waals surface area contributed by atoms with Gasteiger partial charge in [0, 0.05) is 12.6 Å². The summed E-state index contributed by atoms with van der Waals surface area (Å²) in [5.41, 5.74) is 4.26. The number of rotatable bonds is 4. The van der Waals surface area contributed by atoms with Gasteiger partial charge in [-0.05, 0) is 36.1 Å². The number of aromatic nitrogens is 1. The van der Waals surface area contributed by atoms with Gasteiger partial charge in [0.1, 0.15) is 5.82 Å². The zero-order valence-electron chi connectivity index (χ0n) is 12.9. The zero-order valence-corrected chi connectivity index (χ0v) is 12.9. The van der Waals surface area contributed by atoms with E-state index in [1.807, 2.05) is 12.1 Å². The summed E-state index contributed by atoms with van der Waals surface area (Å²) in [6.45, 7) is 7.91. The maximum absolute atomic E-state index is 11.0. The maximum atomic E-state index is 11.0. The van der Waals surface area contributed by atoms with Crippen molar-refractivity contribution in [2.75, 3.05) is 10.6 Å². The Morgan fingerprint density at radius 3 is 2.52 bits per heavy atom. The number of amides is 1. The second-order valence-corrected chi connectivity index (χ2v) is 5.43. The number of para-hydroxylation sites is 1. The minimum atomic E-state index is -0.0986.